The number of nitrogens with two attached hydrogens (primary N) is 1. The zero-order valence-electron chi connectivity index (χ0n) is 8.78. The smallest absolute Gasteiger partial charge is 0.0477 e. The standard InChI is InChI=1S/C12H19NO/c1-14-10-9-12(13)8-7-11-5-3-2-4-6-11/h2-6,12H,7-10,13H2,1H3. The van der Waals surface area contributed by atoms with Gasteiger partial charge in [-0.05, 0) is 24.8 Å². The van der Waals surface area contributed by atoms with Gasteiger partial charge >= 0.3 is 0 Å². The van der Waals surface area contributed by atoms with Crippen molar-refractivity contribution in [1.29, 1.82) is 0 Å². The predicted octanol–water partition coefficient (Wildman–Crippen LogP) is 1.98. The summed E-state index contributed by atoms with van der Waals surface area (Å²) in [6.45, 7) is 0.760. The molecule has 0 aliphatic rings. The fourth-order valence-electron chi connectivity index (χ4n) is 1.41. The number of ether oxygens (including phenoxy) is 1. The lowest BCUT2D eigenvalue weighted by Gasteiger charge is -2.10. The normalized spacial score (nSPS) is 12.7. The Bertz CT molecular complexity index is 235. The molecule has 0 heterocycles. The molecule has 0 amide bonds. The van der Waals surface area contributed by atoms with E-state index in [9.17, 15) is 0 Å². The highest BCUT2D eigenvalue weighted by molar-refractivity contribution is 5.14. The van der Waals surface area contributed by atoms with E-state index in [1.165, 1.54) is 5.56 Å². The largest absolute Gasteiger partial charge is 0.385 e. The first-order valence-corrected chi connectivity index (χ1v) is 5.11. The molecule has 2 N–H and O–H groups in total. The van der Waals surface area contributed by atoms with Crippen LogP contribution in [0.2, 0.25) is 0 Å². The Morgan fingerprint density at radius 2 is 1.93 bits per heavy atom. The molecule has 14 heavy (non-hydrogen) atoms. The highest BCUT2D eigenvalue weighted by Crippen LogP contribution is 2.05. The molecule has 0 aliphatic carbocycles. The van der Waals surface area contributed by atoms with Crippen molar-refractivity contribution >= 4 is 0 Å². The Labute approximate surface area is 86.1 Å². The average Bonchev–Trinajstić information content (AvgIpc) is 2.25. The number of aryl methyl sites for hydroxylation is 1. The Hall–Kier alpha value is -0.860. The van der Waals surface area contributed by atoms with Crippen molar-refractivity contribution in [2.45, 2.75) is 25.3 Å². The third-order valence-corrected chi connectivity index (χ3v) is 2.34. The van der Waals surface area contributed by atoms with Crippen LogP contribution in [-0.4, -0.2) is 19.8 Å². The van der Waals surface area contributed by atoms with Gasteiger partial charge in [0, 0.05) is 19.8 Å². The van der Waals surface area contributed by atoms with E-state index in [1.54, 1.807) is 7.11 Å². The molecule has 78 valence electrons. The maximum atomic E-state index is 5.93. The second-order valence-electron chi connectivity index (χ2n) is 3.57. The molecule has 0 saturated carbocycles. The lowest BCUT2D eigenvalue weighted by Crippen LogP contribution is -2.22. The molecule has 0 fully saturated rings. The van der Waals surface area contributed by atoms with Gasteiger partial charge in [-0.3, -0.25) is 0 Å². The van der Waals surface area contributed by atoms with Crippen LogP contribution in [0.1, 0.15) is 18.4 Å². The van der Waals surface area contributed by atoms with E-state index in [0.717, 1.165) is 25.9 Å². The van der Waals surface area contributed by atoms with Crippen LogP contribution in [0.25, 0.3) is 0 Å². The van der Waals surface area contributed by atoms with Crippen molar-refractivity contribution in [3.8, 4) is 0 Å². The Balaban J connectivity index is 2.20. The topological polar surface area (TPSA) is 35.2 Å². The average molecular weight is 193 g/mol. The molecule has 1 unspecified atom stereocenters. The van der Waals surface area contributed by atoms with Crippen molar-refractivity contribution in [2.24, 2.45) is 5.73 Å². The summed E-state index contributed by atoms with van der Waals surface area (Å²) in [7, 11) is 1.71. The monoisotopic (exact) mass is 193 g/mol. The molecule has 1 aromatic rings. The highest BCUT2D eigenvalue weighted by atomic mass is 16.5. The van der Waals surface area contributed by atoms with Gasteiger partial charge in [0.25, 0.3) is 0 Å². The molecule has 0 saturated heterocycles. The zero-order valence-corrected chi connectivity index (χ0v) is 8.78. The fraction of sp³-hybridized carbons (Fsp3) is 0.500. The molecule has 1 aromatic carbocycles. The molecular weight excluding hydrogens is 174 g/mol. The number of hydrogen-bond donors (Lipinski definition) is 1. The van der Waals surface area contributed by atoms with E-state index in [1.807, 2.05) is 6.07 Å². The lowest BCUT2D eigenvalue weighted by molar-refractivity contribution is 0.187. The van der Waals surface area contributed by atoms with Crippen molar-refractivity contribution in [2.75, 3.05) is 13.7 Å². The molecule has 0 aliphatic heterocycles. The SMILES string of the molecule is COCCC(N)CCc1ccccc1. The first-order valence-electron chi connectivity index (χ1n) is 5.11. The van der Waals surface area contributed by atoms with Crippen LogP contribution in [0.4, 0.5) is 0 Å². The second kappa shape index (κ2) is 6.57. The van der Waals surface area contributed by atoms with Crippen molar-refractivity contribution < 1.29 is 4.74 Å². The molecule has 0 spiro atoms. The number of hydrogen-bond acceptors (Lipinski definition) is 2. The van der Waals surface area contributed by atoms with Gasteiger partial charge in [0.1, 0.15) is 0 Å². The molecule has 0 radical (unpaired) electrons. The summed E-state index contributed by atoms with van der Waals surface area (Å²) in [4.78, 5) is 0. The molecule has 0 bridgehead atoms. The van der Waals surface area contributed by atoms with Crippen LogP contribution in [0.3, 0.4) is 0 Å². The summed E-state index contributed by atoms with van der Waals surface area (Å²) >= 11 is 0. The first-order chi connectivity index (χ1) is 6.83. The van der Waals surface area contributed by atoms with Gasteiger partial charge in [-0.15, -0.1) is 0 Å². The van der Waals surface area contributed by atoms with Crippen LogP contribution in [0.15, 0.2) is 30.3 Å². The Morgan fingerprint density at radius 1 is 1.21 bits per heavy atom. The minimum atomic E-state index is 0.259. The molecule has 2 heteroatoms. The molecule has 1 rings (SSSR count). The van der Waals surface area contributed by atoms with Gasteiger partial charge < -0.3 is 10.5 Å². The van der Waals surface area contributed by atoms with Crippen LogP contribution >= 0.6 is 0 Å². The number of benzene rings is 1. The maximum Gasteiger partial charge on any atom is 0.0477 e. The summed E-state index contributed by atoms with van der Waals surface area (Å²) in [5.41, 5.74) is 7.29. The summed E-state index contributed by atoms with van der Waals surface area (Å²) in [5.74, 6) is 0. The van der Waals surface area contributed by atoms with E-state index in [4.69, 9.17) is 10.5 Å². The summed E-state index contributed by atoms with van der Waals surface area (Å²) < 4.78 is 4.98. The minimum Gasteiger partial charge on any atom is -0.385 e. The third-order valence-electron chi connectivity index (χ3n) is 2.34. The number of methoxy groups -OCH3 is 1. The Kier molecular flexibility index (Phi) is 5.27. The van der Waals surface area contributed by atoms with E-state index < -0.39 is 0 Å². The van der Waals surface area contributed by atoms with E-state index in [-0.39, 0.29) is 6.04 Å². The summed E-state index contributed by atoms with van der Waals surface area (Å²) in [6.07, 6.45) is 3.04. The van der Waals surface area contributed by atoms with Gasteiger partial charge in [-0.2, -0.15) is 0 Å². The lowest BCUT2D eigenvalue weighted by atomic mass is 10.0. The molecule has 2 nitrogen and oxygen atoms in total. The maximum absolute atomic E-state index is 5.93. The van der Waals surface area contributed by atoms with Crippen LogP contribution in [0.5, 0.6) is 0 Å². The van der Waals surface area contributed by atoms with E-state index in [2.05, 4.69) is 24.3 Å². The zero-order chi connectivity index (χ0) is 10.2. The van der Waals surface area contributed by atoms with Gasteiger partial charge in [0.05, 0.1) is 0 Å². The summed E-state index contributed by atoms with van der Waals surface area (Å²) in [5, 5.41) is 0. The second-order valence-corrected chi connectivity index (χ2v) is 3.57. The van der Waals surface area contributed by atoms with E-state index >= 15 is 0 Å². The molecular formula is C12H19NO. The van der Waals surface area contributed by atoms with Gasteiger partial charge in [0.2, 0.25) is 0 Å². The predicted molar refractivity (Wildman–Crippen MR) is 59.2 cm³/mol. The van der Waals surface area contributed by atoms with E-state index in [0.29, 0.717) is 0 Å². The van der Waals surface area contributed by atoms with Gasteiger partial charge in [-0.1, -0.05) is 30.3 Å². The highest BCUT2D eigenvalue weighted by Gasteiger charge is 2.02. The van der Waals surface area contributed by atoms with Gasteiger partial charge in [-0.25, -0.2) is 0 Å². The van der Waals surface area contributed by atoms with Crippen molar-refractivity contribution in [3.63, 3.8) is 0 Å². The summed E-state index contributed by atoms with van der Waals surface area (Å²) in [6, 6.07) is 10.7. The van der Waals surface area contributed by atoms with Gasteiger partial charge in [0.15, 0.2) is 0 Å². The first kappa shape index (κ1) is 11.2. The third kappa shape index (κ3) is 4.40. The molecule has 0 aromatic heterocycles. The molecule has 1 atom stereocenters. The Morgan fingerprint density at radius 3 is 2.57 bits per heavy atom. The number of rotatable bonds is 6. The van der Waals surface area contributed by atoms with Crippen LogP contribution < -0.4 is 5.73 Å². The van der Waals surface area contributed by atoms with Crippen molar-refractivity contribution in [1.82, 2.24) is 0 Å². The van der Waals surface area contributed by atoms with Crippen molar-refractivity contribution in [3.05, 3.63) is 35.9 Å². The van der Waals surface area contributed by atoms with Crippen LogP contribution in [0, 0.1) is 0 Å². The fourth-order valence-corrected chi connectivity index (χ4v) is 1.41. The van der Waals surface area contributed by atoms with Crippen LogP contribution in [-0.2, 0) is 11.2 Å². The quantitative estimate of drug-likeness (QED) is 0.749. The minimum absolute atomic E-state index is 0.259.